The van der Waals surface area contributed by atoms with Crippen molar-refractivity contribution in [1.82, 2.24) is 19.7 Å². The molecule has 3 aliphatic rings. The quantitative estimate of drug-likeness (QED) is 0.790. The van der Waals surface area contributed by atoms with Gasteiger partial charge in [-0.15, -0.1) is 11.3 Å². The van der Waals surface area contributed by atoms with E-state index in [2.05, 4.69) is 10.00 Å². The summed E-state index contributed by atoms with van der Waals surface area (Å²) in [5, 5.41) is 5.84. The number of piperidine rings is 1. The molecule has 144 valence electrons. The number of hydrogen-bond acceptors (Lipinski definition) is 6. The maximum atomic E-state index is 12.2. The van der Waals surface area contributed by atoms with Crippen molar-refractivity contribution >= 4 is 11.3 Å². The molecule has 0 bridgehead atoms. The van der Waals surface area contributed by atoms with Crippen molar-refractivity contribution in [3.8, 4) is 0 Å². The SMILES string of the molecule is O=c1ccc(C2CC2)nn1CC1CCN(Cc2nc3c(s2)COCC3)CC1. The number of nitrogens with zero attached hydrogens (tertiary/aromatic N) is 4. The Hall–Kier alpha value is -1.57. The van der Waals surface area contributed by atoms with Gasteiger partial charge in [0.2, 0.25) is 0 Å². The van der Waals surface area contributed by atoms with Crippen molar-refractivity contribution in [2.45, 2.75) is 57.7 Å². The van der Waals surface area contributed by atoms with Crippen LogP contribution in [0.4, 0.5) is 0 Å². The number of rotatable bonds is 5. The fraction of sp³-hybridized carbons (Fsp3) is 0.650. The van der Waals surface area contributed by atoms with Gasteiger partial charge in [-0.3, -0.25) is 9.69 Å². The second-order valence-electron chi connectivity index (χ2n) is 8.05. The van der Waals surface area contributed by atoms with Gasteiger partial charge in [0.1, 0.15) is 5.01 Å². The molecular formula is C20H26N4O2S. The molecule has 2 aromatic rings. The second-order valence-corrected chi connectivity index (χ2v) is 9.22. The highest BCUT2D eigenvalue weighted by atomic mass is 32.1. The molecule has 6 nitrogen and oxygen atoms in total. The van der Waals surface area contributed by atoms with Crippen LogP contribution in [0.5, 0.6) is 0 Å². The molecule has 0 radical (unpaired) electrons. The average molecular weight is 387 g/mol. The molecule has 0 aromatic carbocycles. The van der Waals surface area contributed by atoms with Gasteiger partial charge in [-0.2, -0.15) is 5.10 Å². The molecule has 1 saturated heterocycles. The summed E-state index contributed by atoms with van der Waals surface area (Å²) >= 11 is 1.81. The Labute approximate surface area is 163 Å². The highest BCUT2D eigenvalue weighted by Gasteiger charge is 2.26. The predicted molar refractivity (Wildman–Crippen MR) is 104 cm³/mol. The third-order valence-electron chi connectivity index (χ3n) is 5.92. The van der Waals surface area contributed by atoms with Crippen LogP contribution in [0.3, 0.4) is 0 Å². The topological polar surface area (TPSA) is 60.2 Å². The zero-order valence-electron chi connectivity index (χ0n) is 15.6. The first-order chi connectivity index (χ1) is 13.2. The highest BCUT2D eigenvalue weighted by Crippen LogP contribution is 2.38. The number of hydrogen-bond donors (Lipinski definition) is 0. The first-order valence-electron chi connectivity index (χ1n) is 10.1. The average Bonchev–Trinajstić information content (AvgIpc) is 3.45. The maximum Gasteiger partial charge on any atom is 0.266 e. The monoisotopic (exact) mass is 386 g/mol. The number of likely N-dealkylation sites (tertiary alicyclic amines) is 1. The van der Waals surface area contributed by atoms with Gasteiger partial charge in [0, 0.05) is 24.9 Å². The molecule has 2 fully saturated rings. The van der Waals surface area contributed by atoms with E-state index in [1.807, 2.05) is 17.4 Å². The lowest BCUT2D eigenvalue weighted by atomic mass is 9.97. The molecule has 1 aliphatic carbocycles. The van der Waals surface area contributed by atoms with E-state index < -0.39 is 0 Å². The minimum atomic E-state index is 0.0393. The van der Waals surface area contributed by atoms with Gasteiger partial charge in [0.15, 0.2) is 0 Å². The number of aromatic nitrogens is 3. The molecule has 2 aliphatic heterocycles. The molecule has 0 atom stereocenters. The zero-order valence-corrected chi connectivity index (χ0v) is 16.4. The van der Waals surface area contributed by atoms with Gasteiger partial charge in [-0.05, 0) is 50.8 Å². The normalized spacial score (nSPS) is 21.3. The van der Waals surface area contributed by atoms with E-state index in [1.165, 1.54) is 28.4 Å². The minimum Gasteiger partial charge on any atom is -0.375 e. The summed E-state index contributed by atoms with van der Waals surface area (Å²) in [5.74, 6) is 1.13. The van der Waals surface area contributed by atoms with Crippen LogP contribution in [0.25, 0.3) is 0 Å². The van der Waals surface area contributed by atoms with Gasteiger partial charge < -0.3 is 4.74 Å². The lowest BCUT2D eigenvalue weighted by Crippen LogP contribution is -2.36. The van der Waals surface area contributed by atoms with Crippen LogP contribution in [-0.4, -0.2) is 39.4 Å². The highest BCUT2D eigenvalue weighted by molar-refractivity contribution is 7.11. The molecule has 0 spiro atoms. The maximum absolute atomic E-state index is 12.2. The van der Waals surface area contributed by atoms with Crippen LogP contribution in [0.1, 0.15) is 52.9 Å². The largest absolute Gasteiger partial charge is 0.375 e. The van der Waals surface area contributed by atoms with E-state index in [0.717, 1.165) is 64.3 Å². The Morgan fingerprint density at radius 1 is 1.19 bits per heavy atom. The van der Waals surface area contributed by atoms with Crippen molar-refractivity contribution in [2.24, 2.45) is 5.92 Å². The molecule has 1 saturated carbocycles. The predicted octanol–water partition coefficient (Wildman–Crippen LogP) is 2.56. The summed E-state index contributed by atoms with van der Waals surface area (Å²) in [6.45, 7) is 5.38. The summed E-state index contributed by atoms with van der Waals surface area (Å²) < 4.78 is 7.24. The van der Waals surface area contributed by atoms with Crippen molar-refractivity contribution in [2.75, 3.05) is 19.7 Å². The van der Waals surface area contributed by atoms with Crippen LogP contribution in [-0.2, 0) is 30.9 Å². The van der Waals surface area contributed by atoms with Gasteiger partial charge >= 0.3 is 0 Å². The Morgan fingerprint density at radius 2 is 2.04 bits per heavy atom. The standard InChI is InChI=1S/C20H26N4O2S/c25-20-4-3-16(15-1-2-15)22-24(20)11-14-5-8-23(9-6-14)12-19-21-17-7-10-26-13-18(17)27-19/h3-4,14-15H,1-2,5-13H2. The van der Waals surface area contributed by atoms with Crippen molar-refractivity contribution in [3.05, 3.63) is 43.8 Å². The third-order valence-corrected chi connectivity index (χ3v) is 6.97. The molecule has 0 amide bonds. The lowest BCUT2D eigenvalue weighted by molar-refractivity contribution is 0.112. The first-order valence-corrected chi connectivity index (χ1v) is 10.9. The summed E-state index contributed by atoms with van der Waals surface area (Å²) in [4.78, 5) is 20.8. The van der Waals surface area contributed by atoms with Gasteiger partial charge in [0.05, 0.1) is 36.0 Å². The summed E-state index contributed by atoms with van der Waals surface area (Å²) in [6.07, 6.45) is 5.63. The molecule has 5 rings (SSSR count). The van der Waals surface area contributed by atoms with Crippen LogP contribution in [0.15, 0.2) is 16.9 Å². The van der Waals surface area contributed by atoms with Crippen molar-refractivity contribution in [1.29, 1.82) is 0 Å². The van der Waals surface area contributed by atoms with E-state index in [-0.39, 0.29) is 5.56 Å². The Kier molecular flexibility index (Phi) is 4.83. The van der Waals surface area contributed by atoms with E-state index in [9.17, 15) is 4.79 Å². The Balaban J connectivity index is 1.16. The van der Waals surface area contributed by atoms with Crippen molar-refractivity contribution in [3.63, 3.8) is 0 Å². The molecule has 27 heavy (non-hydrogen) atoms. The van der Waals surface area contributed by atoms with E-state index in [0.29, 0.717) is 11.8 Å². The Morgan fingerprint density at radius 3 is 2.81 bits per heavy atom. The summed E-state index contributed by atoms with van der Waals surface area (Å²) in [7, 11) is 0. The Bertz CT molecular complexity index is 842. The van der Waals surface area contributed by atoms with Crippen LogP contribution < -0.4 is 5.56 Å². The molecule has 0 N–H and O–H groups in total. The number of fused-ring (bicyclic) bond motifs is 1. The molecule has 7 heteroatoms. The fourth-order valence-electron chi connectivity index (χ4n) is 4.10. The number of thiazole rings is 1. The van der Waals surface area contributed by atoms with E-state index in [1.54, 1.807) is 10.7 Å². The molecular weight excluding hydrogens is 360 g/mol. The third kappa shape index (κ3) is 4.00. The van der Waals surface area contributed by atoms with Gasteiger partial charge in [-0.1, -0.05) is 0 Å². The summed E-state index contributed by atoms with van der Waals surface area (Å²) in [5.41, 5.74) is 2.39. The zero-order chi connectivity index (χ0) is 18.2. The van der Waals surface area contributed by atoms with Gasteiger partial charge in [-0.25, -0.2) is 9.67 Å². The fourth-order valence-corrected chi connectivity index (χ4v) is 5.20. The van der Waals surface area contributed by atoms with Crippen LogP contribution >= 0.6 is 11.3 Å². The van der Waals surface area contributed by atoms with E-state index >= 15 is 0 Å². The molecule has 4 heterocycles. The minimum absolute atomic E-state index is 0.0393. The molecule has 2 aromatic heterocycles. The smallest absolute Gasteiger partial charge is 0.266 e. The van der Waals surface area contributed by atoms with Crippen LogP contribution in [0.2, 0.25) is 0 Å². The van der Waals surface area contributed by atoms with E-state index in [4.69, 9.17) is 9.72 Å². The van der Waals surface area contributed by atoms with Gasteiger partial charge in [0.25, 0.3) is 5.56 Å². The lowest BCUT2D eigenvalue weighted by Gasteiger charge is -2.31. The van der Waals surface area contributed by atoms with Crippen molar-refractivity contribution < 1.29 is 4.74 Å². The number of ether oxygens (including phenoxy) is 1. The first kappa shape index (κ1) is 17.5. The molecule has 0 unspecified atom stereocenters. The second kappa shape index (κ2) is 7.45. The van der Waals surface area contributed by atoms with Crippen LogP contribution in [0, 0.1) is 5.92 Å². The summed E-state index contributed by atoms with van der Waals surface area (Å²) in [6, 6.07) is 3.61.